The number of hydrogen-bond donors (Lipinski definition) is 3. The number of unbranched alkanes of at least 4 members (excludes halogenated alkanes) is 1. The number of carbonyl (C=O) groups is 2. The lowest BCUT2D eigenvalue weighted by atomic mass is 9.88. The standard InChI is InChI=1S/C28H28N2O6S/c31-17-29-14-6-5-10-22(28(32)33)19-7-1-2-8-20(19)23-16-25(23)30-37(34,35)18-12-13-27-24(15-18)21-9-3-4-11-26(21)36-27/h1-4,7-9,11-13,15,17,22-23,25,30H,5-6,10,14,16H2,(H,29,31)(H,32,33). The molecule has 1 heterocycles. The fourth-order valence-electron chi connectivity index (χ4n) is 5.02. The number of hydrogen-bond acceptors (Lipinski definition) is 5. The SMILES string of the molecule is O=CNCCCCC(C(=O)O)c1ccccc1C1CC1NS(=O)(=O)c1ccc2oc3ccccc3c2c1. The molecule has 8 nitrogen and oxygen atoms in total. The number of carboxylic acids is 1. The van der Waals surface area contributed by atoms with Crippen LogP contribution in [0.3, 0.4) is 0 Å². The number of furan rings is 1. The maximum atomic E-state index is 13.2. The molecule has 0 aliphatic heterocycles. The van der Waals surface area contributed by atoms with E-state index in [0.717, 1.165) is 21.9 Å². The van der Waals surface area contributed by atoms with Crippen LogP contribution in [-0.4, -0.2) is 38.5 Å². The zero-order chi connectivity index (χ0) is 26.0. The summed E-state index contributed by atoms with van der Waals surface area (Å²) in [5.41, 5.74) is 2.91. The first-order valence-electron chi connectivity index (χ1n) is 12.3. The first-order valence-corrected chi connectivity index (χ1v) is 13.8. The van der Waals surface area contributed by atoms with Gasteiger partial charge in [-0.25, -0.2) is 13.1 Å². The molecule has 0 saturated heterocycles. The van der Waals surface area contributed by atoms with Gasteiger partial charge < -0.3 is 14.8 Å². The minimum absolute atomic E-state index is 0.0944. The predicted molar refractivity (Wildman–Crippen MR) is 140 cm³/mol. The van der Waals surface area contributed by atoms with Crippen molar-refractivity contribution in [3.63, 3.8) is 0 Å². The lowest BCUT2D eigenvalue weighted by Gasteiger charge is -2.17. The van der Waals surface area contributed by atoms with Crippen LogP contribution >= 0.6 is 0 Å². The minimum Gasteiger partial charge on any atom is -0.481 e. The fraction of sp³-hybridized carbons (Fsp3) is 0.286. The van der Waals surface area contributed by atoms with Crippen LogP contribution in [-0.2, 0) is 19.6 Å². The Morgan fingerprint density at radius 3 is 2.59 bits per heavy atom. The van der Waals surface area contributed by atoms with Gasteiger partial charge in [-0.1, -0.05) is 48.9 Å². The number of amides is 1. The van der Waals surface area contributed by atoms with Gasteiger partial charge in [0.25, 0.3) is 0 Å². The van der Waals surface area contributed by atoms with Crippen molar-refractivity contribution in [2.24, 2.45) is 0 Å². The maximum Gasteiger partial charge on any atom is 0.310 e. The Labute approximate surface area is 214 Å². The molecular weight excluding hydrogens is 492 g/mol. The normalized spacial score (nSPS) is 18.1. The molecular formula is C28H28N2O6S. The first-order chi connectivity index (χ1) is 17.9. The Bertz CT molecular complexity index is 1560. The summed E-state index contributed by atoms with van der Waals surface area (Å²) in [4.78, 5) is 22.7. The van der Waals surface area contributed by atoms with Crippen molar-refractivity contribution < 1.29 is 27.5 Å². The molecule has 3 N–H and O–H groups in total. The third-order valence-corrected chi connectivity index (χ3v) is 8.46. The molecule has 192 valence electrons. The molecule has 4 aromatic rings. The second-order valence-corrected chi connectivity index (χ2v) is 11.1. The summed E-state index contributed by atoms with van der Waals surface area (Å²) in [5, 5.41) is 14.1. The van der Waals surface area contributed by atoms with Crippen molar-refractivity contribution in [2.45, 2.75) is 48.5 Å². The topological polar surface area (TPSA) is 126 Å². The van der Waals surface area contributed by atoms with Gasteiger partial charge in [0.15, 0.2) is 0 Å². The number of para-hydroxylation sites is 1. The Hall–Kier alpha value is -3.69. The number of carbonyl (C=O) groups excluding carboxylic acids is 1. The molecule has 3 aromatic carbocycles. The van der Waals surface area contributed by atoms with Gasteiger partial charge in [0.05, 0.1) is 10.8 Å². The summed E-state index contributed by atoms with van der Waals surface area (Å²) in [6.45, 7) is 0.504. The van der Waals surface area contributed by atoms with E-state index in [1.54, 1.807) is 12.1 Å². The second kappa shape index (κ2) is 10.4. The monoisotopic (exact) mass is 520 g/mol. The molecule has 0 spiro atoms. The summed E-state index contributed by atoms with van der Waals surface area (Å²) >= 11 is 0. The van der Waals surface area contributed by atoms with Crippen molar-refractivity contribution in [1.82, 2.24) is 10.0 Å². The number of fused-ring (bicyclic) bond motifs is 3. The summed E-state index contributed by atoms with van der Waals surface area (Å²) < 4.78 is 35.1. The summed E-state index contributed by atoms with van der Waals surface area (Å²) in [7, 11) is -3.79. The third-order valence-electron chi connectivity index (χ3n) is 6.97. The zero-order valence-electron chi connectivity index (χ0n) is 20.1. The molecule has 1 aliphatic rings. The van der Waals surface area contributed by atoms with E-state index in [9.17, 15) is 23.1 Å². The predicted octanol–water partition coefficient (Wildman–Crippen LogP) is 4.50. The Kier molecular flexibility index (Phi) is 6.99. The summed E-state index contributed by atoms with van der Waals surface area (Å²) in [5.74, 6) is -1.70. The summed E-state index contributed by atoms with van der Waals surface area (Å²) in [6, 6.07) is 19.4. The third kappa shape index (κ3) is 5.23. The molecule has 0 bridgehead atoms. The number of carboxylic acid groups (broad SMARTS) is 1. The van der Waals surface area contributed by atoms with Gasteiger partial charge in [0.1, 0.15) is 11.2 Å². The van der Waals surface area contributed by atoms with Crippen molar-refractivity contribution in [2.75, 3.05) is 6.54 Å². The maximum absolute atomic E-state index is 13.2. The van der Waals surface area contributed by atoms with Crippen LogP contribution in [0.25, 0.3) is 21.9 Å². The van der Waals surface area contributed by atoms with Gasteiger partial charge in [-0.2, -0.15) is 0 Å². The second-order valence-electron chi connectivity index (χ2n) is 9.41. The van der Waals surface area contributed by atoms with Gasteiger partial charge in [-0.05, 0) is 54.7 Å². The Balaban J connectivity index is 1.33. The molecule has 1 saturated carbocycles. The van der Waals surface area contributed by atoms with Crippen LogP contribution in [0.4, 0.5) is 0 Å². The van der Waals surface area contributed by atoms with Crippen LogP contribution in [0.5, 0.6) is 0 Å². The van der Waals surface area contributed by atoms with Gasteiger partial charge in [0.2, 0.25) is 16.4 Å². The van der Waals surface area contributed by atoms with Crippen LogP contribution in [0.1, 0.15) is 48.6 Å². The highest BCUT2D eigenvalue weighted by Gasteiger charge is 2.43. The zero-order valence-corrected chi connectivity index (χ0v) is 20.9. The van der Waals surface area contributed by atoms with Crippen molar-refractivity contribution in [3.05, 3.63) is 77.9 Å². The van der Waals surface area contributed by atoms with Gasteiger partial charge in [-0.3, -0.25) is 9.59 Å². The molecule has 1 fully saturated rings. The number of rotatable bonds is 12. The molecule has 9 heteroatoms. The lowest BCUT2D eigenvalue weighted by molar-refractivity contribution is -0.139. The Morgan fingerprint density at radius 1 is 1.03 bits per heavy atom. The molecule has 0 radical (unpaired) electrons. The average molecular weight is 521 g/mol. The van der Waals surface area contributed by atoms with Crippen LogP contribution < -0.4 is 10.0 Å². The number of aliphatic carboxylic acids is 1. The van der Waals surface area contributed by atoms with Crippen molar-refractivity contribution in [1.29, 1.82) is 0 Å². The van der Waals surface area contributed by atoms with E-state index in [-0.39, 0.29) is 16.9 Å². The number of nitrogens with one attached hydrogen (secondary N) is 2. The molecule has 3 atom stereocenters. The minimum atomic E-state index is -3.79. The summed E-state index contributed by atoms with van der Waals surface area (Å²) in [6.07, 6.45) is 3.01. The van der Waals surface area contributed by atoms with Crippen LogP contribution in [0.15, 0.2) is 76.0 Å². The van der Waals surface area contributed by atoms with Gasteiger partial charge >= 0.3 is 5.97 Å². The molecule has 1 aliphatic carbocycles. The highest BCUT2D eigenvalue weighted by Crippen LogP contribution is 2.45. The van der Waals surface area contributed by atoms with Crippen molar-refractivity contribution >= 4 is 44.3 Å². The van der Waals surface area contributed by atoms with E-state index in [0.29, 0.717) is 49.8 Å². The van der Waals surface area contributed by atoms with Gasteiger partial charge in [0, 0.05) is 29.3 Å². The highest BCUT2D eigenvalue weighted by molar-refractivity contribution is 7.89. The van der Waals surface area contributed by atoms with E-state index < -0.39 is 21.9 Å². The first kappa shape index (κ1) is 25.0. The smallest absolute Gasteiger partial charge is 0.310 e. The highest BCUT2D eigenvalue weighted by atomic mass is 32.2. The molecule has 3 unspecified atom stereocenters. The molecule has 1 amide bonds. The van der Waals surface area contributed by atoms with Crippen molar-refractivity contribution in [3.8, 4) is 0 Å². The average Bonchev–Trinajstić information content (AvgIpc) is 3.53. The molecule has 5 rings (SSSR count). The fourth-order valence-corrected chi connectivity index (χ4v) is 6.34. The van der Waals surface area contributed by atoms with Crippen LogP contribution in [0.2, 0.25) is 0 Å². The number of benzene rings is 3. The van der Waals surface area contributed by atoms with E-state index >= 15 is 0 Å². The van der Waals surface area contributed by atoms with Crippen LogP contribution in [0, 0.1) is 0 Å². The molecule has 1 aromatic heterocycles. The Morgan fingerprint density at radius 2 is 1.78 bits per heavy atom. The van der Waals surface area contributed by atoms with E-state index in [1.807, 2.05) is 48.5 Å². The quantitative estimate of drug-likeness (QED) is 0.186. The van der Waals surface area contributed by atoms with E-state index in [4.69, 9.17) is 4.42 Å². The number of sulfonamides is 1. The lowest BCUT2D eigenvalue weighted by Crippen LogP contribution is -2.27. The van der Waals surface area contributed by atoms with Gasteiger partial charge in [-0.15, -0.1) is 0 Å². The van der Waals surface area contributed by atoms with E-state index in [2.05, 4.69) is 10.0 Å². The van der Waals surface area contributed by atoms with E-state index in [1.165, 1.54) is 6.07 Å². The molecule has 37 heavy (non-hydrogen) atoms. The largest absolute Gasteiger partial charge is 0.481 e.